The number of benzene rings is 2. The van der Waals surface area contributed by atoms with Gasteiger partial charge in [-0.2, -0.15) is 0 Å². The number of methoxy groups -OCH3 is 1. The molecule has 1 N–H and O–H groups in total. The summed E-state index contributed by atoms with van der Waals surface area (Å²) in [5.41, 5.74) is 1.70. The normalized spacial score (nSPS) is 14.6. The average molecular weight is 356 g/mol. The first-order valence-corrected chi connectivity index (χ1v) is 9.03. The number of nitrogens with one attached hydrogen (secondary N) is 1. The van der Waals surface area contributed by atoms with Crippen molar-refractivity contribution < 1.29 is 14.3 Å². The molecule has 0 aliphatic carbocycles. The number of para-hydroxylation sites is 2. The number of ether oxygens (including phenoxy) is 1. The Hall–Kier alpha value is -2.47. The molecule has 1 aliphatic rings. The van der Waals surface area contributed by atoms with E-state index in [1.54, 1.807) is 12.0 Å². The molecule has 6 heteroatoms. The van der Waals surface area contributed by atoms with Crippen molar-refractivity contribution in [1.82, 2.24) is 5.32 Å². The Morgan fingerprint density at radius 2 is 1.96 bits per heavy atom. The van der Waals surface area contributed by atoms with Gasteiger partial charge in [0.15, 0.2) is 0 Å². The minimum absolute atomic E-state index is 0.00982. The van der Waals surface area contributed by atoms with Gasteiger partial charge in [-0.1, -0.05) is 30.3 Å². The minimum atomic E-state index is -0.215. The smallest absolute Gasteiger partial charge is 0.240 e. The van der Waals surface area contributed by atoms with Crippen LogP contribution in [0.2, 0.25) is 0 Å². The average Bonchev–Trinajstić information content (AvgIpc) is 2.64. The molecule has 0 bridgehead atoms. The summed E-state index contributed by atoms with van der Waals surface area (Å²) < 4.78 is 5.34. The third kappa shape index (κ3) is 3.79. The molecule has 0 saturated heterocycles. The highest BCUT2D eigenvalue weighted by Crippen LogP contribution is 2.34. The second-order valence-corrected chi connectivity index (χ2v) is 6.78. The Bertz CT molecular complexity index is 794. The second-order valence-electron chi connectivity index (χ2n) is 5.77. The fourth-order valence-electron chi connectivity index (χ4n) is 2.86. The zero-order valence-corrected chi connectivity index (χ0v) is 15.0. The van der Waals surface area contributed by atoms with Crippen molar-refractivity contribution in [2.24, 2.45) is 0 Å². The van der Waals surface area contributed by atoms with E-state index in [1.165, 1.54) is 11.8 Å². The fourth-order valence-corrected chi connectivity index (χ4v) is 3.80. The molecule has 1 atom stereocenters. The van der Waals surface area contributed by atoms with Gasteiger partial charge in [0, 0.05) is 10.5 Å². The maximum Gasteiger partial charge on any atom is 0.240 e. The zero-order valence-electron chi connectivity index (χ0n) is 14.2. The standard InChI is InChI=1S/C19H20N2O3S/c1-13(14-7-3-5-9-16(14)24-2)20-18(22)11-21-15-8-4-6-10-17(15)25-12-19(21)23/h3-10,13H,11-12H2,1-2H3,(H,20,22). The topological polar surface area (TPSA) is 58.6 Å². The number of amides is 2. The molecule has 1 unspecified atom stereocenters. The Morgan fingerprint density at radius 3 is 2.76 bits per heavy atom. The number of fused-ring (bicyclic) bond motifs is 1. The molecule has 5 nitrogen and oxygen atoms in total. The Morgan fingerprint density at radius 1 is 1.24 bits per heavy atom. The minimum Gasteiger partial charge on any atom is -0.496 e. The zero-order chi connectivity index (χ0) is 17.8. The molecule has 0 spiro atoms. The first kappa shape index (κ1) is 17.4. The second kappa shape index (κ2) is 7.61. The van der Waals surface area contributed by atoms with Gasteiger partial charge in [-0.05, 0) is 25.1 Å². The maximum absolute atomic E-state index is 12.5. The van der Waals surface area contributed by atoms with E-state index < -0.39 is 0 Å². The van der Waals surface area contributed by atoms with Gasteiger partial charge in [0.05, 0.1) is 24.6 Å². The highest BCUT2D eigenvalue weighted by atomic mass is 32.2. The number of carbonyl (C=O) groups excluding carboxylic acids is 2. The van der Waals surface area contributed by atoms with Gasteiger partial charge >= 0.3 is 0 Å². The summed E-state index contributed by atoms with van der Waals surface area (Å²) in [6.45, 7) is 1.91. The third-order valence-electron chi connectivity index (χ3n) is 4.09. The predicted octanol–water partition coefficient (Wildman–Crippen LogP) is 3.01. The fraction of sp³-hybridized carbons (Fsp3) is 0.263. The number of hydrogen-bond donors (Lipinski definition) is 1. The van der Waals surface area contributed by atoms with Crippen molar-refractivity contribution in [3.8, 4) is 5.75 Å². The third-order valence-corrected chi connectivity index (χ3v) is 5.14. The summed E-state index contributed by atoms with van der Waals surface area (Å²) >= 11 is 1.50. The summed E-state index contributed by atoms with van der Waals surface area (Å²) in [5, 5.41) is 2.95. The van der Waals surface area contributed by atoms with Crippen molar-refractivity contribution >= 4 is 29.3 Å². The molecule has 2 aromatic carbocycles. The van der Waals surface area contributed by atoms with E-state index in [4.69, 9.17) is 4.74 Å². The van der Waals surface area contributed by atoms with Crippen LogP contribution in [0.4, 0.5) is 5.69 Å². The Balaban J connectivity index is 1.71. The predicted molar refractivity (Wildman–Crippen MR) is 99.1 cm³/mol. The van der Waals surface area contributed by atoms with Crippen LogP contribution in [0.15, 0.2) is 53.4 Å². The van der Waals surface area contributed by atoms with Gasteiger partial charge in [-0.25, -0.2) is 0 Å². The number of thioether (sulfide) groups is 1. The molecule has 1 aliphatic heterocycles. The molecule has 130 valence electrons. The van der Waals surface area contributed by atoms with E-state index in [1.807, 2.05) is 55.5 Å². The summed E-state index contributed by atoms with van der Waals surface area (Å²) in [6, 6.07) is 15.0. The molecular weight excluding hydrogens is 336 g/mol. The van der Waals surface area contributed by atoms with Crippen LogP contribution in [-0.2, 0) is 9.59 Å². The SMILES string of the molecule is COc1ccccc1C(C)NC(=O)CN1C(=O)CSc2ccccc21. The maximum atomic E-state index is 12.5. The van der Waals surface area contributed by atoms with Crippen LogP contribution in [-0.4, -0.2) is 31.2 Å². The molecule has 0 fully saturated rings. The van der Waals surface area contributed by atoms with E-state index in [0.29, 0.717) is 5.75 Å². The molecule has 2 aromatic rings. The first-order chi connectivity index (χ1) is 12.1. The summed E-state index contributed by atoms with van der Waals surface area (Å²) in [6.07, 6.45) is 0. The number of hydrogen-bond acceptors (Lipinski definition) is 4. The Labute approximate surface area is 151 Å². The molecule has 0 aromatic heterocycles. The monoisotopic (exact) mass is 356 g/mol. The highest BCUT2D eigenvalue weighted by molar-refractivity contribution is 8.00. The number of rotatable bonds is 5. The van der Waals surface area contributed by atoms with Crippen molar-refractivity contribution in [2.75, 3.05) is 24.3 Å². The number of carbonyl (C=O) groups is 2. The van der Waals surface area contributed by atoms with Crippen LogP contribution in [0.25, 0.3) is 0 Å². The summed E-state index contributed by atoms with van der Waals surface area (Å²) in [7, 11) is 1.61. The highest BCUT2D eigenvalue weighted by Gasteiger charge is 2.26. The van der Waals surface area contributed by atoms with Crippen molar-refractivity contribution in [3.05, 3.63) is 54.1 Å². The number of anilines is 1. The lowest BCUT2D eigenvalue weighted by molar-refractivity contribution is -0.123. The van der Waals surface area contributed by atoms with E-state index in [0.717, 1.165) is 21.9 Å². The Kier molecular flexibility index (Phi) is 5.28. The van der Waals surface area contributed by atoms with Crippen LogP contribution >= 0.6 is 11.8 Å². The van der Waals surface area contributed by atoms with Crippen LogP contribution in [0, 0.1) is 0 Å². The van der Waals surface area contributed by atoms with Crippen LogP contribution in [0.3, 0.4) is 0 Å². The first-order valence-electron chi connectivity index (χ1n) is 8.04. The van der Waals surface area contributed by atoms with Gasteiger partial charge in [0.25, 0.3) is 0 Å². The summed E-state index contributed by atoms with van der Waals surface area (Å²) in [4.78, 5) is 27.3. The van der Waals surface area contributed by atoms with Gasteiger partial charge in [-0.15, -0.1) is 11.8 Å². The lowest BCUT2D eigenvalue weighted by Crippen LogP contribution is -2.43. The molecule has 0 radical (unpaired) electrons. The van der Waals surface area contributed by atoms with E-state index >= 15 is 0 Å². The largest absolute Gasteiger partial charge is 0.496 e. The van der Waals surface area contributed by atoms with Crippen LogP contribution in [0.1, 0.15) is 18.5 Å². The lowest BCUT2D eigenvalue weighted by Gasteiger charge is -2.29. The van der Waals surface area contributed by atoms with Crippen molar-refractivity contribution in [1.29, 1.82) is 0 Å². The lowest BCUT2D eigenvalue weighted by atomic mass is 10.1. The van der Waals surface area contributed by atoms with Gasteiger partial charge in [0.1, 0.15) is 12.3 Å². The molecule has 25 heavy (non-hydrogen) atoms. The van der Waals surface area contributed by atoms with E-state index in [-0.39, 0.29) is 24.4 Å². The van der Waals surface area contributed by atoms with Gasteiger partial charge in [0.2, 0.25) is 11.8 Å². The van der Waals surface area contributed by atoms with Crippen LogP contribution < -0.4 is 15.0 Å². The van der Waals surface area contributed by atoms with Crippen molar-refractivity contribution in [3.63, 3.8) is 0 Å². The van der Waals surface area contributed by atoms with Crippen molar-refractivity contribution in [2.45, 2.75) is 17.9 Å². The molecule has 3 rings (SSSR count). The molecule has 0 saturated carbocycles. The molecule has 2 amide bonds. The summed E-state index contributed by atoms with van der Waals surface area (Å²) in [5.74, 6) is 0.829. The van der Waals surface area contributed by atoms with E-state index in [2.05, 4.69) is 5.32 Å². The molecule has 1 heterocycles. The van der Waals surface area contributed by atoms with E-state index in [9.17, 15) is 9.59 Å². The van der Waals surface area contributed by atoms with Gasteiger partial charge in [-0.3, -0.25) is 9.59 Å². The number of nitrogens with zero attached hydrogens (tertiary/aromatic N) is 1. The van der Waals surface area contributed by atoms with Crippen LogP contribution in [0.5, 0.6) is 5.75 Å². The van der Waals surface area contributed by atoms with Gasteiger partial charge < -0.3 is 15.0 Å². The quantitative estimate of drug-likeness (QED) is 0.895. The molecular formula is C19H20N2O3S.